The molecule has 0 heterocycles. The van der Waals surface area contributed by atoms with Crippen molar-refractivity contribution in [3.05, 3.63) is 41.5 Å². The fourth-order valence-corrected chi connectivity index (χ4v) is 13.1. The third-order valence-corrected chi connectivity index (χ3v) is 15.4. The molecule has 6 rings (SSSR count). The van der Waals surface area contributed by atoms with E-state index in [0.29, 0.717) is 41.1 Å². The number of aromatic carboxylic acids is 1. The molecule has 1 aromatic rings. The number of amides is 1. The molecule has 6 heteroatoms. The van der Waals surface area contributed by atoms with Crippen molar-refractivity contribution in [1.82, 2.24) is 5.32 Å². The Balaban J connectivity index is 1.33. The molecule has 0 radical (unpaired) electrons. The largest absolute Gasteiger partial charge is 0.481 e. The van der Waals surface area contributed by atoms with Crippen molar-refractivity contribution in [2.45, 2.75) is 113 Å². The highest BCUT2D eigenvalue weighted by Gasteiger charge is 2.71. The van der Waals surface area contributed by atoms with E-state index in [1.54, 1.807) is 12.1 Å². The normalized spacial score (nSPS) is 41.0. The average Bonchev–Trinajstić information content (AvgIpc) is 3.38. The first-order valence-corrected chi connectivity index (χ1v) is 18.1. The summed E-state index contributed by atoms with van der Waals surface area (Å²) >= 11 is 0. The molecule has 0 aliphatic heterocycles. The zero-order chi connectivity index (χ0) is 33.4. The summed E-state index contributed by atoms with van der Waals surface area (Å²) < 4.78 is 0. The Kier molecular flexibility index (Phi) is 8.12. The minimum atomic E-state index is -0.886. The quantitative estimate of drug-likeness (QED) is 0.279. The Hall–Kier alpha value is -2.63. The van der Waals surface area contributed by atoms with Crippen LogP contribution in [0.3, 0.4) is 0 Å². The maximum absolute atomic E-state index is 14.1. The van der Waals surface area contributed by atoms with Crippen LogP contribution in [0, 0.1) is 62.6 Å². The summed E-state index contributed by atoms with van der Waals surface area (Å²) in [7, 11) is 0. The molecule has 0 aromatic heterocycles. The number of carbonyl (C=O) groups is 3. The van der Waals surface area contributed by atoms with Crippen LogP contribution in [0.1, 0.15) is 129 Å². The molecule has 1 amide bonds. The van der Waals surface area contributed by atoms with E-state index in [-0.39, 0.29) is 45.9 Å². The maximum Gasteiger partial charge on any atom is 0.335 e. The zero-order valence-electron chi connectivity index (χ0n) is 29.2. The fourth-order valence-electron chi connectivity index (χ4n) is 13.1. The van der Waals surface area contributed by atoms with Crippen LogP contribution in [0.15, 0.2) is 30.3 Å². The standard InChI is InChI=1S/C40H57NO5/c1-24(2)27-14-20-40(35(46)41-23-17-32(42)43)22-21-38(6)29(33(27)40)12-13-31-37(5)18-15-28(25-8-10-26(11-9-25)34(44)45)36(3,4)30(37)16-19-39(31,38)7/h8-11,15,24,27,29-31,33H,12-14,16-23H2,1-7H3,(H,41,46)(H,42,43)(H,44,45)/t27-,29+,30-,31+,33+,37-,38+,39+,40-/m0/s1. The summed E-state index contributed by atoms with van der Waals surface area (Å²) in [6.45, 7) is 17.6. The number of carboxylic acids is 2. The fraction of sp³-hybridized carbons (Fsp3) is 0.725. The molecule has 3 N–H and O–H groups in total. The predicted molar refractivity (Wildman–Crippen MR) is 181 cm³/mol. The molecular formula is C40H57NO5. The highest BCUT2D eigenvalue weighted by Crippen LogP contribution is 2.77. The summed E-state index contributed by atoms with van der Waals surface area (Å²) in [5, 5.41) is 21.8. The second-order valence-corrected chi connectivity index (χ2v) is 17.6. The van der Waals surface area contributed by atoms with Crippen molar-refractivity contribution in [1.29, 1.82) is 0 Å². The van der Waals surface area contributed by atoms with E-state index in [9.17, 15) is 24.6 Å². The van der Waals surface area contributed by atoms with Gasteiger partial charge in [0.15, 0.2) is 0 Å². The first-order chi connectivity index (χ1) is 21.5. The molecule has 0 bridgehead atoms. The first-order valence-electron chi connectivity index (χ1n) is 18.1. The van der Waals surface area contributed by atoms with Crippen LogP contribution in [-0.4, -0.2) is 34.6 Å². The van der Waals surface area contributed by atoms with Crippen LogP contribution in [0.25, 0.3) is 5.57 Å². The minimum absolute atomic E-state index is 0.0269. The summed E-state index contributed by atoms with van der Waals surface area (Å²) in [4.78, 5) is 36.8. The number of benzene rings is 1. The van der Waals surface area contributed by atoms with Crippen LogP contribution >= 0.6 is 0 Å². The molecule has 0 spiro atoms. The number of fused-ring (bicyclic) bond motifs is 7. The van der Waals surface area contributed by atoms with Gasteiger partial charge in [-0.15, -0.1) is 0 Å². The lowest BCUT2D eigenvalue weighted by Gasteiger charge is -2.72. The molecule has 5 aliphatic rings. The van der Waals surface area contributed by atoms with Gasteiger partial charge in [-0.3, -0.25) is 9.59 Å². The van der Waals surface area contributed by atoms with Crippen LogP contribution in [0.4, 0.5) is 0 Å². The van der Waals surface area contributed by atoms with Gasteiger partial charge in [0.1, 0.15) is 0 Å². The van der Waals surface area contributed by atoms with Gasteiger partial charge in [-0.1, -0.05) is 66.7 Å². The summed E-state index contributed by atoms with van der Waals surface area (Å²) in [5.74, 6) is 1.40. The van der Waals surface area contributed by atoms with Gasteiger partial charge in [0.25, 0.3) is 0 Å². The molecule has 4 saturated carbocycles. The molecular weight excluding hydrogens is 574 g/mol. The van der Waals surface area contributed by atoms with Crippen molar-refractivity contribution in [2.75, 3.05) is 6.54 Å². The lowest BCUT2D eigenvalue weighted by atomic mass is 9.32. The lowest BCUT2D eigenvalue weighted by Crippen LogP contribution is -2.66. The highest BCUT2D eigenvalue weighted by atomic mass is 16.4. The predicted octanol–water partition coefficient (Wildman–Crippen LogP) is 8.71. The van der Waals surface area contributed by atoms with Gasteiger partial charge in [0.2, 0.25) is 5.91 Å². The SMILES string of the molecule is CC(C)[C@@H]1CC[C@]2(C(=O)NCCC(=O)O)CC[C@]3(C)[C@H](CC[C@@H]4[C@@]5(C)CC=C(c6ccc(C(=O)O)cc6)C(C)(C)[C@@H]5CC[C@]43C)[C@@H]12. The number of nitrogens with one attached hydrogen (secondary N) is 1. The second-order valence-electron chi connectivity index (χ2n) is 17.6. The molecule has 0 unspecified atom stereocenters. The first kappa shape index (κ1) is 33.3. The van der Waals surface area contributed by atoms with Crippen LogP contribution in [0.2, 0.25) is 0 Å². The van der Waals surface area contributed by atoms with Gasteiger partial charge < -0.3 is 15.5 Å². The topological polar surface area (TPSA) is 104 Å². The Bertz CT molecular complexity index is 1430. The smallest absolute Gasteiger partial charge is 0.335 e. The third-order valence-electron chi connectivity index (χ3n) is 15.4. The van der Waals surface area contributed by atoms with Crippen LogP contribution < -0.4 is 5.32 Å². The Morgan fingerprint density at radius 3 is 2.17 bits per heavy atom. The van der Waals surface area contributed by atoms with Crippen molar-refractivity contribution in [3.8, 4) is 0 Å². The van der Waals surface area contributed by atoms with E-state index in [1.807, 2.05) is 12.1 Å². The van der Waals surface area contributed by atoms with E-state index in [4.69, 9.17) is 0 Å². The van der Waals surface area contributed by atoms with E-state index in [0.717, 1.165) is 37.7 Å². The molecule has 46 heavy (non-hydrogen) atoms. The Morgan fingerprint density at radius 1 is 0.848 bits per heavy atom. The van der Waals surface area contributed by atoms with E-state index in [2.05, 4.69) is 59.9 Å². The Morgan fingerprint density at radius 2 is 1.54 bits per heavy atom. The second kappa shape index (κ2) is 11.2. The molecule has 1 aromatic carbocycles. The number of aliphatic carboxylic acids is 1. The monoisotopic (exact) mass is 631 g/mol. The van der Waals surface area contributed by atoms with Crippen molar-refractivity contribution in [3.63, 3.8) is 0 Å². The highest BCUT2D eigenvalue weighted by molar-refractivity contribution is 5.88. The lowest BCUT2D eigenvalue weighted by molar-refractivity contribution is -0.227. The molecule has 5 aliphatic carbocycles. The number of hydrogen-bond acceptors (Lipinski definition) is 3. The van der Waals surface area contributed by atoms with E-state index < -0.39 is 11.9 Å². The summed E-state index contributed by atoms with van der Waals surface area (Å²) in [6.07, 6.45) is 12.3. The maximum atomic E-state index is 14.1. The van der Waals surface area contributed by atoms with Crippen molar-refractivity contribution in [2.24, 2.45) is 62.6 Å². The van der Waals surface area contributed by atoms with Gasteiger partial charge in [-0.05, 0) is 138 Å². The average molecular weight is 632 g/mol. The molecule has 0 saturated heterocycles. The molecule has 9 atom stereocenters. The zero-order valence-corrected chi connectivity index (χ0v) is 29.2. The molecule has 4 fully saturated rings. The van der Waals surface area contributed by atoms with Gasteiger partial charge >= 0.3 is 11.9 Å². The summed E-state index contributed by atoms with van der Waals surface area (Å²) in [6, 6.07) is 7.48. The number of carboxylic acid groups (broad SMARTS) is 2. The number of carbonyl (C=O) groups excluding carboxylic acids is 1. The Labute approximate surface area is 276 Å². The van der Waals surface area contributed by atoms with Gasteiger partial charge in [-0.2, -0.15) is 0 Å². The minimum Gasteiger partial charge on any atom is -0.481 e. The number of rotatable bonds is 7. The van der Waals surface area contributed by atoms with Gasteiger partial charge in [-0.25, -0.2) is 4.79 Å². The van der Waals surface area contributed by atoms with Crippen LogP contribution in [-0.2, 0) is 9.59 Å². The van der Waals surface area contributed by atoms with Crippen LogP contribution in [0.5, 0.6) is 0 Å². The van der Waals surface area contributed by atoms with E-state index in [1.165, 1.54) is 31.3 Å². The molecule has 252 valence electrons. The third kappa shape index (κ3) is 4.65. The number of allylic oxidation sites excluding steroid dienone is 2. The molecule has 6 nitrogen and oxygen atoms in total. The van der Waals surface area contributed by atoms with Gasteiger partial charge in [0.05, 0.1) is 17.4 Å². The van der Waals surface area contributed by atoms with Crippen molar-refractivity contribution < 1.29 is 24.6 Å². The van der Waals surface area contributed by atoms with Gasteiger partial charge in [0, 0.05) is 6.54 Å². The van der Waals surface area contributed by atoms with Crippen molar-refractivity contribution >= 4 is 23.4 Å². The summed E-state index contributed by atoms with van der Waals surface area (Å²) in [5.41, 5.74) is 2.94. The van der Waals surface area contributed by atoms with E-state index >= 15 is 0 Å². The number of hydrogen-bond donors (Lipinski definition) is 3.